The lowest BCUT2D eigenvalue weighted by molar-refractivity contribution is 0.183. The number of rotatable bonds is 15. The molecule has 13 nitrogen and oxygen atoms in total. The minimum Gasteiger partial charge on any atom is -0.493 e. The van der Waals surface area contributed by atoms with Crippen LogP contribution in [0.3, 0.4) is 0 Å². The van der Waals surface area contributed by atoms with Crippen molar-refractivity contribution in [3.8, 4) is 23.0 Å². The van der Waals surface area contributed by atoms with Crippen molar-refractivity contribution in [2.45, 2.75) is 38.5 Å². The standard InChI is InChI=1S/C40H49N6O7P/c1-48-35-22-31-33(24-37(35)50-3)41-26-43-39(31)45-16-10-28(11-17-45)14-20-52-54(47,30-8-6-5-7-9-30)53-21-15-29-12-18-46(19-13-29)40-32-23-36(49-2)38(51-4)25-34(32)42-27-44-40/h5-9,22-29H,10-21H2,1-4H3. The molecule has 286 valence electrons. The molecule has 4 heterocycles. The summed E-state index contributed by atoms with van der Waals surface area (Å²) in [5.41, 5.74) is 1.63. The fraction of sp³-hybridized carbons (Fsp3) is 0.450. The molecular weight excluding hydrogens is 707 g/mol. The summed E-state index contributed by atoms with van der Waals surface area (Å²) in [6.45, 7) is 4.15. The second kappa shape index (κ2) is 17.2. The van der Waals surface area contributed by atoms with Gasteiger partial charge in [-0.2, -0.15) is 0 Å². The Morgan fingerprint density at radius 3 is 1.41 bits per heavy atom. The van der Waals surface area contributed by atoms with E-state index in [1.54, 1.807) is 41.1 Å². The maximum Gasteiger partial charge on any atom is 0.361 e. The van der Waals surface area contributed by atoms with Gasteiger partial charge in [-0.25, -0.2) is 19.9 Å². The van der Waals surface area contributed by atoms with E-state index in [4.69, 9.17) is 28.0 Å². The Morgan fingerprint density at radius 1 is 0.593 bits per heavy atom. The normalized spacial score (nSPS) is 15.9. The first kappa shape index (κ1) is 37.6. The van der Waals surface area contributed by atoms with Gasteiger partial charge in [-0.05, 0) is 74.6 Å². The number of methoxy groups -OCH3 is 4. The zero-order valence-corrected chi connectivity index (χ0v) is 32.4. The topological polar surface area (TPSA) is 130 Å². The van der Waals surface area contributed by atoms with Crippen molar-refractivity contribution in [3.63, 3.8) is 0 Å². The fourth-order valence-corrected chi connectivity index (χ4v) is 9.19. The van der Waals surface area contributed by atoms with E-state index in [0.717, 1.165) is 98.1 Å². The number of hydrogen-bond acceptors (Lipinski definition) is 13. The number of benzene rings is 3. The summed E-state index contributed by atoms with van der Waals surface area (Å²) in [6, 6.07) is 17.0. The molecule has 3 aromatic carbocycles. The molecule has 0 atom stereocenters. The average Bonchev–Trinajstić information content (AvgIpc) is 3.23. The largest absolute Gasteiger partial charge is 0.493 e. The molecule has 0 unspecified atom stereocenters. The van der Waals surface area contributed by atoms with Crippen molar-refractivity contribution in [1.29, 1.82) is 0 Å². The first-order valence-corrected chi connectivity index (χ1v) is 20.1. The van der Waals surface area contributed by atoms with Gasteiger partial charge >= 0.3 is 7.60 Å². The van der Waals surface area contributed by atoms with Crippen LogP contribution in [0.25, 0.3) is 21.8 Å². The SMILES string of the molecule is COc1cc2ncnc(N3CCC(CCOP(=O)(OCCC4CCN(c5ncnc6cc(OC)c(OC)cc56)CC4)c4ccccc4)CC3)c2cc1OC. The summed E-state index contributed by atoms with van der Waals surface area (Å²) < 4.78 is 48.7. The van der Waals surface area contributed by atoms with E-state index >= 15 is 0 Å². The van der Waals surface area contributed by atoms with Crippen molar-refractivity contribution < 1.29 is 32.6 Å². The van der Waals surface area contributed by atoms with Crippen molar-refractivity contribution in [2.24, 2.45) is 11.8 Å². The van der Waals surface area contributed by atoms with Gasteiger partial charge in [0, 0.05) is 49.1 Å². The van der Waals surface area contributed by atoms with Crippen LogP contribution in [-0.4, -0.2) is 87.8 Å². The van der Waals surface area contributed by atoms with Crippen LogP contribution in [0.2, 0.25) is 0 Å². The first-order chi connectivity index (χ1) is 26.4. The van der Waals surface area contributed by atoms with E-state index in [2.05, 4.69) is 29.7 Å². The second-order valence-corrected chi connectivity index (χ2v) is 15.8. The van der Waals surface area contributed by atoms with E-state index in [1.807, 2.05) is 54.6 Å². The maximum absolute atomic E-state index is 14.3. The summed E-state index contributed by atoms with van der Waals surface area (Å²) in [4.78, 5) is 22.8. The molecule has 54 heavy (non-hydrogen) atoms. The number of piperidine rings is 2. The van der Waals surface area contributed by atoms with E-state index in [-0.39, 0.29) is 0 Å². The molecule has 0 amide bonds. The molecule has 0 saturated carbocycles. The highest BCUT2D eigenvalue weighted by Crippen LogP contribution is 2.48. The predicted molar refractivity (Wildman–Crippen MR) is 210 cm³/mol. The average molecular weight is 757 g/mol. The molecule has 5 aromatic rings. The minimum absolute atomic E-state index is 0.367. The van der Waals surface area contributed by atoms with Gasteiger partial charge in [0.2, 0.25) is 0 Å². The fourth-order valence-electron chi connectivity index (χ4n) is 7.59. The lowest BCUT2D eigenvalue weighted by Gasteiger charge is -2.34. The van der Waals surface area contributed by atoms with Gasteiger partial charge in [-0.15, -0.1) is 0 Å². The zero-order chi connectivity index (χ0) is 37.5. The maximum atomic E-state index is 14.3. The lowest BCUT2D eigenvalue weighted by atomic mass is 9.94. The van der Waals surface area contributed by atoms with Crippen molar-refractivity contribution in [3.05, 3.63) is 67.3 Å². The van der Waals surface area contributed by atoms with Gasteiger partial charge in [0.1, 0.15) is 24.3 Å². The molecule has 2 fully saturated rings. The van der Waals surface area contributed by atoms with Gasteiger partial charge < -0.3 is 37.8 Å². The molecule has 2 saturated heterocycles. The van der Waals surface area contributed by atoms with E-state index in [1.165, 1.54) is 0 Å². The van der Waals surface area contributed by atoms with E-state index < -0.39 is 7.60 Å². The predicted octanol–water partition coefficient (Wildman–Crippen LogP) is 7.07. The summed E-state index contributed by atoms with van der Waals surface area (Å²) in [6.07, 6.45) is 8.72. The molecule has 7 rings (SSSR count). The van der Waals surface area contributed by atoms with Crippen LogP contribution >= 0.6 is 7.60 Å². The van der Waals surface area contributed by atoms with Gasteiger partial charge in [-0.3, -0.25) is 4.57 Å². The summed E-state index contributed by atoms with van der Waals surface area (Å²) in [7, 11) is 3.00. The Hall–Kier alpha value is -4.71. The second-order valence-electron chi connectivity index (χ2n) is 13.8. The Labute approximate surface area is 316 Å². The third-order valence-electron chi connectivity index (χ3n) is 10.7. The number of ether oxygens (including phenoxy) is 4. The van der Waals surface area contributed by atoms with Crippen LogP contribution in [0.4, 0.5) is 11.6 Å². The van der Waals surface area contributed by atoms with Gasteiger partial charge in [0.05, 0.1) is 58.0 Å². The molecular formula is C40H49N6O7P. The van der Waals surface area contributed by atoms with Gasteiger partial charge in [0.25, 0.3) is 0 Å². The molecule has 2 aliphatic rings. The molecule has 0 aliphatic carbocycles. The molecule has 0 radical (unpaired) electrons. The highest BCUT2D eigenvalue weighted by Gasteiger charge is 2.30. The van der Waals surface area contributed by atoms with E-state index in [9.17, 15) is 4.57 Å². The zero-order valence-electron chi connectivity index (χ0n) is 31.5. The molecule has 0 bridgehead atoms. The summed E-state index contributed by atoms with van der Waals surface area (Å²) in [5, 5.41) is 2.47. The monoisotopic (exact) mass is 756 g/mol. The third kappa shape index (κ3) is 8.18. The van der Waals surface area contributed by atoms with Gasteiger partial charge in [0.15, 0.2) is 23.0 Å². The Morgan fingerprint density at radius 2 is 1.00 bits per heavy atom. The van der Waals surface area contributed by atoms with Crippen molar-refractivity contribution in [2.75, 3.05) is 77.6 Å². The first-order valence-electron chi connectivity index (χ1n) is 18.6. The minimum atomic E-state index is -3.51. The third-order valence-corrected chi connectivity index (χ3v) is 12.7. The quantitative estimate of drug-likeness (QED) is 0.101. The molecule has 14 heteroatoms. The smallest absolute Gasteiger partial charge is 0.361 e. The number of anilines is 2. The van der Waals surface area contributed by atoms with Crippen LogP contribution in [0.5, 0.6) is 23.0 Å². The van der Waals surface area contributed by atoms with Crippen molar-refractivity contribution in [1.82, 2.24) is 19.9 Å². The van der Waals surface area contributed by atoms with E-state index in [0.29, 0.717) is 53.4 Å². The molecule has 0 spiro atoms. The summed E-state index contributed by atoms with van der Waals surface area (Å²) >= 11 is 0. The highest BCUT2D eigenvalue weighted by atomic mass is 31.2. The highest BCUT2D eigenvalue weighted by molar-refractivity contribution is 7.62. The molecule has 2 aliphatic heterocycles. The number of aromatic nitrogens is 4. The number of hydrogen-bond donors (Lipinski definition) is 0. The Kier molecular flexibility index (Phi) is 12.0. The Balaban J connectivity index is 0.913. The molecule has 2 aromatic heterocycles. The Bertz CT molecular complexity index is 1950. The number of fused-ring (bicyclic) bond motifs is 2. The van der Waals surface area contributed by atoms with Crippen LogP contribution in [-0.2, 0) is 13.6 Å². The van der Waals surface area contributed by atoms with Crippen LogP contribution < -0.4 is 34.1 Å². The van der Waals surface area contributed by atoms with Gasteiger partial charge in [-0.1, -0.05) is 18.2 Å². The number of nitrogens with zero attached hydrogens (tertiary/aromatic N) is 6. The lowest BCUT2D eigenvalue weighted by Crippen LogP contribution is -2.35. The summed E-state index contributed by atoms with van der Waals surface area (Å²) in [5.74, 6) is 5.26. The van der Waals surface area contributed by atoms with Crippen LogP contribution in [0, 0.1) is 11.8 Å². The van der Waals surface area contributed by atoms with Crippen LogP contribution in [0.1, 0.15) is 38.5 Å². The van der Waals surface area contributed by atoms with Crippen LogP contribution in [0.15, 0.2) is 67.3 Å². The van der Waals surface area contributed by atoms with Crippen molar-refractivity contribution >= 4 is 46.3 Å². The molecule has 0 N–H and O–H groups in total.